The topological polar surface area (TPSA) is 79.4 Å². The Balaban J connectivity index is 1.63. The quantitative estimate of drug-likeness (QED) is 0.930. The molecule has 1 aliphatic heterocycles. The molecule has 3 heterocycles. The zero-order chi connectivity index (χ0) is 15.6. The lowest BCUT2D eigenvalue weighted by Gasteiger charge is -2.22. The predicted octanol–water partition coefficient (Wildman–Crippen LogP) is 2.50. The highest BCUT2D eigenvalue weighted by atomic mass is 32.2. The minimum absolute atomic E-state index is 0.434. The van der Waals surface area contributed by atoms with Crippen molar-refractivity contribution < 1.29 is 0 Å². The molecule has 0 bridgehead atoms. The Kier molecular flexibility index (Phi) is 4.02. The Bertz CT molecular complexity index is 739. The molecule has 0 aromatic carbocycles. The van der Waals surface area contributed by atoms with Crippen LogP contribution in [0, 0.1) is 11.3 Å². The van der Waals surface area contributed by atoms with Crippen LogP contribution in [0.5, 0.6) is 0 Å². The summed E-state index contributed by atoms with van der Waals surface area (Å²) < 4.78 is 2.31. The Hall–Kier alpha value is -1.91. The highest BCUT2D eigenvalue weighted by Crippen LogP contribution is 2.41. The van der Waals surface area contributed by atoms with Gasteiger partial charge in [-0.05, 0) is 56.1 Å². The van der Waals surface area contributed by atoms with E-state index in [-0.39, 0.29) is 0 Å². The molecular weight excluding hydrogens is 308 g/mol. The molecule has 118 valence electrons. The first-order chi connectivity index (χ1) is 11.3. The first kappa shape index (κ1) is 14.7. The molecule has 0 amide bonds. The van der Waals surface area contributed by atoms with E-state index in [0.717, 1.165) is 29.1 Å². The molecule has 23 heavy (non-hydrogen) atoms. The molecule has 2 aromatic rings. The maximum absolute atomic E-state index is 8.99. The molecule has 2 aromatic heterocycles. The summed E-state index contributed by atoms with van der Waals surface area (Å²) in [5.41, 5.74) is 0.434. The molecule has 0 radical (unpaired) electrons. The average Bonchev–Trinajstić information content (AvgIpc) is 3.36. The molecular formula is C16H18N6S. The number of hydrogen-bond donors (Lipinski definition) is 1. The van der Waals surface area contributed by atoms with E-state index in [1.165, 1.54) is 37.4 Å². The lowest BCUT2D eigenvalue weighted by atomic mass is 9.99. The van der Waals surface area contributed by atoms with E-state index < -0.39 is 0 Å². The molecule has 2 aliphatic rings. The van der Waals surface area contributed by atoms with Crippen LogP contribution in [-0.2, 0) is 0 Å². The van der Waals surface area contributed by atoms with E-state index in [0.29, 0.717) is 17.7 Å². The second-order valence-corrected chi connectivity index (χ2v) is 7.05. The summed E-state index contributed by atoms with van der Waals surface area (Å²) in [6, 6.07) is 8.11. The predicted molar refractivity (Wildman–Crippen MR) is 86.2 cm³/mol. The lowest BCUT2D eigenvalue weighted by molar-refractivity contribution is 0.428. The highest BCUT2D eigenvalue weighted by molar-refractivity contribution is 7.99. The third-order valence-electron chi connectivity index (χ3n) is 4.30. The van der Waals surface area contributed by atoms with Crippen LogP contribution in [0.15, 0.2) is 28.4 Å². The summed E-state index contributed by atoms with van der Waals surface area (Å²) in [5.74, 6) is 1.56. The van der Waals surface area contributed by atoms with Gasteiger partial charge in [0.25, 0.3) is 0 Å². The van der Waals surface area contributed by atoms with Crippen LogP contribution in [0.3, 0.4) is 0 Å². The van der Waals surface area contributed by atoms with Gasteiger partial charge in [-0.25, -0.2) is 4.98 Å². The van der Waals surface area contributed by atoms with E-state index >= 15 is 0 Å². The Morgan fingerprint density at radius 1 is 1.26 bits per heavy atom. The van der Waals surface area contributed by atoms with Crippen LogP contribution in [0.2, 0.25) is 0 Å². The maximum Gasteiger partial charge on any atom is 0.197 e. The van der Waals surface area contributed by atoms with E-state index in [1.807, 2.05) is 12.1 Å². The number of hydrogen-bond acceptors (Lipinski definition) is 6. The molecule has 1 saturated heterocycles. The van der Waals surface area contributed by atoms with Crippen molar-refractivity contribution in [2.75, 3.05) is 13.1 Å². The minimum atomic E-state index is 0.434. The maximum atomic E-state index is 8.99. The summed E-state index contributed by atoms with van der Waals surface area (Å²) in [4.78, 5) is 4.34. The van der Waals surface area contributed by atoms with Gasteiger partial charge >= 0.3 is 0 Å². The van der Waals surface area contributed by atoms with Gasteiger partial charge in [-0.1, -0.05) is 6.07 Å². The third-order valence-corrected chi connectivity index (χ3v) is 5.20. The second kappa shape index (κ2) is 6.30. The van der Waals surface area contributed by atoms with Crippen molar-refractivity contribution in [3.63, 3.8) is 0 Å². The molecule has 6 nitrogen and oxygen atoms in total. The largest absolute Gasteiger partial charge is 0.316 e. The Morgan fingerprint density at radius 2 is 2.17 bits per heavy atom. The molecule has 7 heteroatoms. The van der Waals surface area contributed by atoms with E-state index in [4.69, 9.17) is 5.26 Å². The van der Waals surface area contributed by atoms with Crippen molar-refractivity contribution >= 4 is 11.8 Å². The molecule has 4 rings (SSSR count). The van der Waals surface area contributed by atoms with Gasteiger partial charge in [0.15, 0.2) is 5.16 Å². The fraction of sp³-hybridized carbons (Fsp3) is 0.500. The fourth-order valence-electron chi connectivity index (χ4n) is 3.01. The van der Waals surface area contributed by atoms with Crippen molar-refractivity contribution in [3.8, 4) is 6.07 Å². The van der Waals surface area contributed by atoms with E-state index in [1.54, 1.807) is 6.07 Å². The zero-order valence-corrected chi connectivity index (χ0v) is 13.6. The molecule has 0 spiro atoms. The number of pyridine rings is 1. The first-order valence-electron chi connectivity index (χ1n) is 8.05. The van der Waals surface area contributed by atoms with Gasteiger partial charge in [-0.3, -0.25) is 0 Å². The second-order valence-electron chi connectivity index (χ2n) is 6.06. The van der Waals surface area contributed by atoms with Crippen molar-refractivity contribution in [2.45, 2.75) is 47.8 Å². The zero-order valence-electron chi connectivity index (χ0n) is 12.8. The van der Waals surface area contributed by atoms with Crippen molar-refractivity contribution in [1.82, 2.24) is 25.1 Å². The summed E-state index contributed by atoms with van der Waals surface area (Å²) in [6.07, 6.45) is 4.76. The van der Waals surface area contributed by atoms with Gasteiger partial charge in [-0.15, -0.1) is 10.2 Å². The molecule has 1 atom stereocenters. The van der Waals surface area contributed by atoms with Crippen LogP contribution < -0.4 is 5.32 Å². The van der Waals surface area contributed by atoms with Gasteiger partial charge < -0.3 is 9.88 Å². The summed E-state index contributed by atoms with van der Waals surface area (Å²) >= 11 is 1.50. The number of aromatic nitrogens is 4. The number of piperidine rings is 1. The summed E-state index contributed by atoms with van der Waals surface area (Å²) in [5, 5.41) is 23.1. The SMILES string of the molecule is N#Cc1cccc(Sc2nnc(C3CCCNC3)n2C2CC2)n1. The lowest BCUT2D eigenvalue weighted by Crippen LogP contribution is -2.30. The van der Waals surface area contributed by atoms with Gasteiger partial charge in [0.05, 0.1) is 0 Å². The number of nitrogens with zero attached hydrogens (tertiary/aromatic N) is 5. The first-order valence-corrected chi connectivity index (χ1v) is 8.87. The van der Waals surface area contributed by atoms with E-state index in [2.05, 4.69) is 31.1 Å². The van der Waals surface area contributed by atoms with Gasteiger partial charge in [0, 0.05) is 18.5 Å². The van der Waals surface area contributed by atoms with Crippen LogP contribution in [0.4, 0.5) is 0 Å². The molecule has 2 fully saturated rings. The third kappa shape index (κ3) is 3.09. The normalized spacial score (nSPS) is 21.1. The van der Waals surface area contributed by atoms with Crippen LogP contribution in [-0.4, -0.2) is 32.8 Å². The van der Waals surface area contributed by atoms with Crippen LogP contribution in [0.25, 0.3) is 0 Å². The smallest absolute Gasteiger partial charge is 0.197 e. The van der Waals surface area contributed by atoms with Crippen molar-refractivity contribution in [1.29, 1.82) is 5.26 Å². The van der Waals surface area contributed by atoms with Crippen molar-refractivity contribution in [3.05, 3.63) is 29.7 Å². The summed E-state index contributed by atoms with van der Waals surface area (Å²) in [6.45, 7) is 2.08. The molecule has 1 saturated carbocycles. The van der Waals surface area contributed by atoms with Crippen LogP contribution in [0.1, 0.15) is 49.2 Å². The van der Waals surface area contributed by atoms with E-state index in [9.17, 15) is 0 Å². The highest BCUT2D eigenvalue weighted by Gasteiger charge is 2.33. The molecule has 1 unspecified atom stereocenters. The number of nitrogens with one attached hydrogen (secondary N) is 1. The fourth-order valence-corrected chi connectivity index (χ4v) is 3.91. The number of nitriles is 1. The van der Waals surface area contributed by atoms with Gasteiger partial charge in [0.2, 0.25) is 0 Å². The summed E-state index contributed by atoms with van der Waals surface area (Å²) in [7, 11) is 0. The minimum Gasteiger partial charge on any atom is -0.316 e. The van der Waals surface area contributed by atoms with Gasteiger partial charge in [-0.2, -0.15) is 5.26 Å². The molecule has 1 N–H and O–H groups in total. The van der Waals surface area contributed by atoms with Crippen LogP contribution >= 0.6 is 11.8 Å². The van der Waals surface area contributed by atoms with Gasteiger partial charge in [0.1, 0.15) is 22.6 Å². The standard InChI is InChI=1S/C16H18N6S/c17-9-12-4-1-5-14(19-12)23-16-21-20-15(22(16)13-6-7-13)11-3-2-8-18-10-11/h1,4-5,11,13,18H,2-3,6-8,10H2. The monoisotopic (exact) mass is 326 g/mol. The average molecular weight is 326 g/mol. The Labute approximate surface area is 139 Å². The Morgan fingerprint density at radius 3 is 2.91 bits per heavy atom. The molecule has 1 aliphatic carbocycles. The van der Waals surface area contributed by atoms with Crippen molar-refractivity contribution in [2.24, 2.45) is 0 Å². The number of rotatable bonds is 4.